The van der Waals surface area contributed by atoms with Gasteiger partial charge in [0, 0.05) is 44.6 Å². The van der Waals surface area contributed by atoms with Crippen molar-refractivity contribution >= 4 is 44.5 Å². The van der Waals surface area contributed by atoms with Gasteiger partial charge in [-0.05, 0) is 54.5 Å². The molecular formula is C25H32ClN7O7S2. The highest BCUT2D eigenvalue weighted by atomic mass is 35.5. The van der Waals surface area contributed by atoms with Gasteiger partial charge in [0.1, 0.15) is 15.5 Å². The number of piperazine rings is 1. The van der Waals surface area contributed by atoms with Crippen molar-refractivity contribution in [2.24, 2.45) is 5.73 Å². The molecule has 3 aromatic rings. The zero-order chi connectivity index (χ0) is 29.6. The fraction of sp³-hybridized carbons (Fsp3) is 0.320. The lowest BCUT2D eigenvalue weighted by atomic mass is 10.2. The van der Waals surface area contributed by atoms with E-state index in [0.717, 1.165) is 0 Å². The summed E-state index contributed by atoms with van der Waals surface area (Å²) in [7, 11) is -8.82. The molecule has 1 saturated heterocycles. The first-order chi connectivity index (χ1) is 19.5. The molecule has 0 saturated carbocycles. The predicted molar refractivity (Wildman–Crippen MR) is 156 cm³/mol. The number of guanidine groups is 1. The van der Waals surface area contributed by atoms with E-state index in [9.17, 15) is 16.8 Å². The van der Waals surface area contributed by atoms with Gasteiger partial charge in [0.15, 0.2) is 5.75 Å². The van der Waals surface area contributed by atoms with Crippen molar-refractivity contribution in [3.8, 4) is 11.5 Å². The number of hydroxylamine groups is 2. The zero-order valence-corrected chi connectivity index (χ0v) is 25.4. The minimum Gasteiger partial charge on any atom is -0.379 e. The third kappa shape index (κ3) is 7.77. The van der Waals surface area contributed by atoms with E-state index in [1.54, 1.807) is 31.5 Å². The Morgan fingerprint density at radius 3 is 2.21 bits per heavy atom. The molecule has 4 rings (SSSR count). The summed E-state index contributed by atoms with van der Waals surface area (Å²) in [4.78, 5) is 20.1. The molecule has 42 heavy (non-hydrogen) atoms. The highest BCUT2D eigenvalue weighted by Crippen LogP contribution is 2.30. The van der Waals surface area contributed by atoms with E-state index in [1.807, 2.05) is 11.8 Å². The quantitative estimate of drug-likeness (QED) is 0.135. The summed E-state index contributed by atoms with van der Waals surface area (Å²) in [5.74, 6) is -0.0811. The molecule has 2 heterocycles. The molecule has 2 aromatic carbocycles. The number of aryl methyl sites for hydroxylation is 1. The van der Waals surface area contributed by atoms with Gasteiger partial charge in [-0.1, -0.05) is 19.1 Å². The molecular weight excluding hydrogens is 610 g/mol. The van der Waals surface area contributed by atoms with E-state index in [2.05, 4.69) is 9.97 Å². The number of hydrogen-bond acceptors (Lipinski definition) is 11. The van der Waals surface area contributed by atoms with Crippen molar-refractivity contribution < 1.29 is 30.7 Å². The largest absolute Gasteiger partial charge is 0.379 e. The third-order valence-electron chi connectivity index (χ3n) is 5.84. The summed E-state index contributed by atoms with van der Waals surface area (Å²) in [6, 6.07) is 11.2. The van der Waals surface area contributed by atoms with Gasteiger partial charge in [0.2, 0.25) is 16.0 Å². The van der Waals surface area contributed by atoms with Gasteiger partial charge in [-0.3, -0.25) is 5.41 Å². The fourth-order valence-corrected chi connectivity index (χ4v) is 7.11. The van der Waals surface area contributed by atoms with Crippen LogP contribution < -0.4 is 19.7 Å². The maximum Gasteiger partial charge on any atom is 0.340 e. The van der Waals surface area contributed by atoms with Gasteiger partial charge in [-0.15, -0.1) is 12.4 Å². The first-order valence-corrected chi connectivity index (χ1v) is 15.5. The fourth-order valence-electron chi connectivity index (χ4n) is 3.99. The van der Waals surface area contributed by atoms with Crippen molar-refractivity contribution in [2.45, 2.75) is 30.1 Å². The molecule has 0 aliphatic carbocycles. The van der Waals surface area contributed by atoms with Gasteiger partial charge < -0.3 is 19.7 Å². The first kappa shape index (κ1) is 32.8. The van der Waals surface area contributed by atoms with E-state index >= 15 is 0 Å². The SMILES string of the molecule is CCCON(Oc1cc(C)cc(OS(=O)(=O)c2ccccc2S(=O)(=O)N2CCN(c3ncccn3)CC2)c1)C(=N)N.Cl. The van der Waals surface area contributed by atoms with Crippen molar-refractivity contribution in [1.82, 2.24) is 19.5 Å². The van der Waals surface area contributed by atoms with Crippen LogP contribution in [0.3, 0.4) is 0 Å². The van der Waals surface area contributed by atoms with Gasteiger partial charge in [-0.25, -0.2) is 23.2 Å². The Balaban J connectivity index is 0.00000484. The number of hydrogen-bond donors (Lipinski definition) is 2. The third-order valence-corrected chi connectivity index (χ3v) is 9.23. The van der Waals surface area contributed by atoms with Gasteiger partial charge >= 0.3 is 10.1 Å². The monoisotopic (exact) mass is 641 g/mol. The second kappa shape index (κ2) is 14.0. The van der Waals surface area contributed by atoms with Gasteiger partial charge in [-0.2, -0.15) is 12.7 Å². The van der Waals surface area contributed by atoms with Crippen LogP contribution in [0.15, 0.2) is 70.7 Å². The molecule has 0 amide bonds. The lowest BCUT2D eigenvalue weighted by Gasteiger charge is -2.34. The molecule has 1 aliphatic heterocycles. The van der Waals surface area contributed by atoms with E-state index in [-0.39, 0.29) is 43.6 Å². The number of nitrogens with one attached hydrogen (secondary N) is 1. The number of anilines is 1. The Bertz CT molecular complexity index is 1590. The highest BCUT2D eigenvalue weighted by molar-refractivity contribution is 7.91. The molecule has 3 N–H and O–H groups in total. The van der Waals surface area contributed by atoms with Crippen LogP contribution in [0.2, 0.25) is 0 Å². The summed E-state index contributed by atoms with van der Waals surface area (Å²) < 4.78 is 60.7. The van der Waals surface area contributed by atoms with Crippen LogP contribution >= 0.6 is 12.4 Å². The number of rotatable bonds is 11. The van der Waals surface area contributed by atoms with Crippen LogP contribution in [0.4, 0.5) is 5.95 Å². The molecule has 0 atom stereocenters. The summed E-state index contributed by atoms with van der Waals surface area (Å²) in [5.41, 5.74) is 6.06. The molecule has 1 fully saturated rings. The summed E-state index contributed by atoms with van der Waals surface area (Å²) in [6.45, 7) is 4.65. The first-order valence-electron chi connectivity index (χ1n) is 12.6. The minimum atomic E-state index is -4.62. The average Bonchev–Trinajstić information content (AvgIpc) is 2.95. The van der Waals surface area contributed by atoms with E-state index < -0.39 is 35.9 Å². The van der Waals surface area contributed by atoms with Crippen LogP contribution in [0.5, 0.6) is 11.5 Å². The highest BCUT2D eigenvalue weighted by Gasteiger charge is 2.34. The smallest absolute Gasteiger partial charge is 0.340 e. The lowest BCUT2D eigenvalue weighted by Crippen LogP contribution is -2.49. The number of aromatic nitrogens is 2. The van der Waals surface area contributed by atoms with E-state index in [1.165, 1.54) is 40.7 Å². The van der Waals surface area contributed by atoms with Crippen molar-refractivity contribution in [2.75, 3.05) is 37.7 Å². The Hall–Kier alpha value is -3.70. The Morgan fingerprint density at radius 2 is 1.60 bits per heavy atom. The average molecular weight is 642 g/mol. The zero-order valence-electron chi connectivity index (χ0n) is 22.9. The second-order valence-corrected chi connectivity index (χ2v) is 12.4. The van der Waals surface area contributed by atoms with Crippen LogP contribution in [0, 0.1) is 12.3 Å². The Morgan fingerprint density at radius 1 is 0.976 bits per heavy atom. The molecule has 14 nitrogen and oxygen atoms in total. The number of nitrogens with zero attached hydrogens (tertiary/aromatic N) is 5. The van der Waals surface area contributed by atoms with Crippen LogP contribution in [-0.2, 0) is 25.0 Å². The van der Waals surface area contributed by atoms with Crippen LogP contribution in [-0.4, -0.2) is 75.1 Å². The lowest BCUT2D eigenvalue weighted by molar-refractivity contribution is -0.263. The molecule has 1 aromatic heterocycles. The van der Waals surface area contributed by atoms with Gasteiger partial charge in [0.25, 0.3) is 5.96 Å². The Labute approximate surface area is 251 Å². The van der Waals surface area contributed by atoms with Crippen molar-refractivity contribution in [3.63, 3.8) is 0 Å². The molecule has 1 aliphatic rings. The normalized spacial score (nSPS) is 14.1. The van der Waals surface area contributed by atoms with E-state index in [0.29, 0.717) is 36.2 Å². The van der Waals surface area contributed by atoms with Crippen LogP contribution in [0.1, 0.15) is 18.9 Å². The summed E-state index contributed by atoms with van der Waals surface area (Å²) in [6.07, 6.45) is 3.85. The summed E-state index contributed by atoms with van der Waals surface area (Å²) >= 11 is 0. The molecule has 17 heteroatoms. The van der Waals surface area contributed by atoms with Crippen molar-refractivity contribution in [3.05, 3.63) is 66.5 Å². The van der Waals surface area contributed by atoms with E-state index in [4.69, 9.17) is 25.0 Å². The molecule has 228 valence electrons. The molecule has 0 bridgehead atoms. The predicted octanol–water partition coefficient (Wildman–Crippen LogP) is 2.32. The molecule has 0 radical (unpaired) electrons. The molecule has 0 unspecified atom stereocenters. The maximum atomic E-state index is 13.6. The number of halogens is 1. The number of nitrogens with two attached hydrogens (primary N) is 1. The number of benzene rings is 2. The van der Waals surface area contributed by atoms with Crippen LogP contribution in [0.25, 0.3) is 0 Å². The standard InChI is InChI=1S/C25H31N7O7S2.ClH/c1-3-15-37-32(24(26)27)38-20-16-19(2)17-21(18-20)39-41(35,36)23-8-5-4-7-22(23)40(33,34)31-13-11-30(12-14-31)25-28-9-6-10-29-25;/h4-10,16-18H,3,11-15H2,1-2H3,(H3,26,27);1H. The Kier molecular flexibility index (Phi) is 10.9. The topological polar surface area (TPSA) is 181 Å². The number of sulfonamides is 1. The van der Waals surface area contributed by atoms with Gasteiger partial charge in [0.05, 0.1) is 6.61 Å². The van der Waals surface area contributed by atoms with Crippen molar-refractivity contribution in [1.29, 1.82) is 5.41 Å². The molecule has 0 spiro atoms. The second-order valence-electron chi connectivity index (χ2n) is 8.97. The maximum absolute atomic E-state index is 13.6. The summed E-state index contributed by atoms with van der Waals surface area (Å²) in [5, 5.41) is 8.32. The minimum absolute atomic E-state index is 0.